The Labute approximate surface area is 115 Å². The van der Waals surface area contributed by atoms with E-state index in [2.05, 4.69) is 5.32 Å². The molecular weight excluding hydrogens is 264 g/mol. The van der Waals surface area contributed by atoms with Crippen molar-refractivity contribution in [2.45, 2.75) is 6.54 Å². The average molecular weight is 277 g/mol. The van der Waals surface area contributed by atoms with Crippen molar-refractivity contribution in [1.82, 2.24) is 5.32 Å². The fraction of sp³-hybridized carbons (Fsp3) is 0.133. The molecule has 0 heterocycles. The zero-order chi connectivity index (χ0) is 14.4. The standard InChI is InChI=1S/C15H13F2NO2/c16-12-5-3-4-11(8-12)9-18-15(19)10-20-14-7-2-1-6-13(14)17/h1-8H,9-10H2,(H,18,19). The first-order valence-electron chi connectivity index (χ1n) is 6.03. The van der Waals surface area contributed by atoms with Gasteiger partial charge in [0.25, 0.3) is 5.91 Å². The van der Waals surface area contributed by atoms with Gasteiger partial charge < -0.3 is 10.1 Å². The molecule has 0 atom stereocenters. The number of carbonyl (C=O) groups is 1. The van der Waals surface area contributed by atoms with Gasteiger partial charge in [0.05, 0.1) is 0 Å². The summed E-state index contributed by atoms with van der Waals surface area (Å²) in [5, 5.41) is 2.56. The normalized spacial score (nSPS) is 10.1. The molecule has 0 aliphatic rings. The number of para-hydroxylation sites is 1. The minimum absolute atomic E-state index is 0.0217. The Morgan fingerprint density at radius 3 is 2.65 bits per heavy atom. The topological polar surface area (TPSA) is 38.3 Å². The second-order valence-corrected chi connectivity index (χ2v) is 4.13. The van der Waals surface area contributed by atoms with Crippen LogP contribution < -0.4 is 10.1 Å². The molecule has 5 heteroatoms. The number of hydrogen-bond acceptors (Lipinski definition) is 2. The largest absolute Gasteiger partial charge is 0.481 e. The Hall–Kier alpha value is -2.43. The van der Waals surface area contributed by atoms with Gasteiger partial charge in [-0.3, -0.25) is 4.79 Å². The number of amides is 1. The molecule has 1 N–H and O–H groups in total. The van der Waals surface area contributed by atoms with Gasteiger partial charge in [-0.2, -0.15) is 0 Å². The fourth-order valence-corrected chi connectivity index (χ4v) is 1.60. The number of rotatable bonds is 5. The summed E-state index contributed by atoms with van der Waals surface area (Å²) in [5.41, 5.74) is 0.643. The summed E-state index contributed by atoms with van der Waals surface area (Å²) >= 11 is 0. The third-order valence-electron chi connectivity index (χ3n) is 2.57. The minimum Gasteiger partial charge on any atom is -0.481 e. The van der Waals surface area contributed by atoms with Crippen molar-refractivity contribution in [3.63, 3.8) is 0 Å². The molecule has 2 rings (SSSR count). The number of carbonyl (C=O) groups excluding carboxylic acids is 1. The van der Waals surface area contributed by atoms with Crippen LogP contribution in [0.4, 0.5) is 8.78 Å². The second kappa shape index (κ2) is 6.65. The van der Waals surface area contributed by atoms with E-state index in [1.807, 2.05) is 0 Å². The monoisotopic (exact) mass is 277 g/mol. The molecule has 20 heavy (non-hydrogen) atoms. The predicted molar refractivity (Wildman–Crippen MR) is 70.1 cm³/mol. The summed E-state index contributed by atoms with van der Waals surface area (Å²) < 4.78 is 31.2. The molecule has 0 radical (unpaired) electrons. The summed E-state index contributed by atoms with van der Waals surface area (Å²) in [4.78, 5) is 11.5. The highest BCUT2D eigenvalue weighted by atomic mass is 19.1. The first kappa shape index (κ1) is 14.0. The van der Waals surface area contributed by atoms with E-state index in [-0.39, 0.29) is 24.7 Å². The fourth-order valence-electron chi connectivity index (χ4n) is 1.60. The third-order valence-corrected chi connectivity index (χ3v) is 2.57. The van der Waals surface area contributed by atoms with Crippen molar-refractivity contribution in [3.05, 3.63) is 65.7 Å². The molecule has 0 aliphatic carbocycles. The van der Waals surface area contributed by atoms with E-state index in [0.29, 0.717) is 5.56 Å². The lowest BCUT2D eigenvalue weighted by molar-refractivity contribution is -0.123. The first-order chi connectivity index (χ1) is 9.65. The molecule has 2 aromatic rings. The number of nitrogens with one attached hydrogen (secondary N) is 1. The van der Waals surface area contributed by atoms with Gasteiger partial charge in [0.1, 0.15) is 5.82 Å². The molecule has 0 fully saturated rings. The summed E-state index contributed by atoms with van der Waals surface area (Å²) in [6.07, 6.45) is 0. The Balaban J connectivity index is 1.80. The van der Waals surface area contributed by atoms with Crippen LogP contribution in [-0.4, -0.2) is 12.5 Å². The molecule has 3 nitrogen and oxygen atoms in total. The Morgan fingerprint density at radius 1 is 1.10 bits per heavy atom. The molecule has 0 saturated heterocycles. The maximum atomic E-state index is 13.2. The van der Waals surface area contributed by atoms with E-state index < -0.39 is 11.7 Å². The van der Waals surface area contributed by atoms with Crippen molar-refractivity contribution in [1.29, 1.82) is 0 Å². The van der Waals surface area contributed by atoms with Crippen LogP contribution in [0, 0.1) is 11.6 Å². The molecule has 0 aliphatic heterocycles. The number of hydrogen-bond donors (Lipinski definition) is 1. The Bertz CT molecular complexity index is 602. The highest BCUT2D eigenvalue weighted by Crippen LogP contribution is 2.14. The minimum atomic E-state index is -0.523. The van der Waals surface area contributed by atoms with Crippen LogP contribution in [0.1, 0.15) is 5.56 Å². The van der Waals surface area contributed by atoms with Gasteiger partial charge in [-0.25, -0.2) is 8.78 Å². The predicted octanol–water partition coefficient (Wildman–Crippen LogP) is 2.66. The van der Waals surface area contributed by atoms with Crippen LogP contribution in [0.2, 0.25) is 0 Å². The maximum Gasteiger partial charge on any atom is 0.258 e. The van der Waals surface area contributed by atoms with E-state index in [1.54, 1.807) is 18.2 Å². The lowest BCUT2D eigenvalue weighted by Gasteiger charge is -2.08. The molecule has 0 bridgehead atoms. The van der Waals surface area contributed by atoms with Crippen molar-refractivity contribution in [2.24, 2.45) is 0 Å². The van der Waals surface area contributed by atoms with Crippen molar-refractivity contribution >= 4 is 5.91 Å². The number of halogens is 2. The van der Waals surface area contributed by atoms with Crippen molar-refractivity contribution in [3.8, 4) is 5.75 Å². The molecule has 0 spiro atoms. The van der Waals surface area contributed by atoms with Crippen LogP contribution in [0.25, 0.3) is 0 Å². The second-order valence-electron chi connectivity index (χ2n) is 4.13. The van der Waals surface area contributed by atoms with Gasteiger partial charge in [0, 0.05) is 6.54 Å². The molecule has 2 aromatic carbocycles. The Kier molecular flexibility index (Phi) is 4.65. The average Bonchev–Trinajstić information content (AvgIpc) is 2.44. The molecule has 1 amide bonds. The van der Waals surface area contributed by atoms with Crippen molar-refractivity contribution in [2.75, 3.05) is 6.61 Å². The zero-order valence-corrected chi connectivity index (χ0v) is 10.6. The molecule has 0 unspecified atom stereocenters. The van der Waals surface area contributed by atoms with Gasteiger partial charge in [0.15, 0.2) is 18.2 Å². The lowest BCUT2D eigenvalue weighted by Crippen LogP contribution is -2.28. The van der Waals surface area contributed by atoms with Crippen LogP contribution >= 0.6 is 0 Å². The van der Waals surface area contributed by atoms with E-state index in [1.165, 1.54) is 30.3 Å². The molecule has 0 aromatic heterocycles. The summed E-state index contributed by atoms with van der Waals surface area (Å²) in [7, 11) is 0. The van der Waals surface area contributed by atoms with E-state index in [0.717, 1.165) is 0 Å². The smallest absolute Gasteiger partial charge is 0.258 e. The van der Waals surface area contributed by atoms with Gasteiger partial charge >= 0.3 is 0 Å². The highest BCUT2D eigenvalue weighted by molar-refractivity contribution is 5.77. The van der Waals surface area contributed by atoms with Gasteiger partial charge in [0.2, 0.25) is 0 Å². The third kappa shape index (κ3) is 4.05. The molecular formula is C15H13F2NO2. The SMILES string of the molecule is O=C(COc1ccccc1F)NCc1cccc(F)c1. The molecule has 104 valence electrons. The van der Waals surface area contributed by atoms with E-state index >= 15 is 0 Å². The quantitative estimate of drug-likeness (QED) is 0.912. The zero-order valence-electron chi connectivity index (χ0n) is 10.6. The lowest BCUT2D eigenvalue weighted by atomic mass is 10.2. The summed E-state index contributed by atoms with van der Waals surface area (Å²) in [6, 6.07) is 11.8. The van der Waals surface area contributed by atoms with Gasteiger partial charge in [-0.15, -0.1) is 0 Å². The van der Waals surface area contributed by atoms with Gasteiger partial charge in [-0.1, -0.05) is 24.3 Å². The van der Waals surface area contributed by atoms with E-state index in [4.69, 9.17) is 4.74 Å². The van der Waals surface area contributed by atoms with Gasteiger partial charge in [-0.05, 0) is 29.8 Å². The van der Waals surface area contributed by atoms with E-state index in [9.17, 15) is 13.6 Å². The summed E-state index contributed by atoms with van der Waals surface area (Å²) in [6.45, 7) is -0.104. The van der Waals surface area contributed by atoms with Crippen LogP contribution in [0.5, 0.6) is 5.75 Å². The van der Waals surface area contributed by atoms with Crippen LogP contribution in [0.15, 0.2) is 48.5 Å². The first-order valence-corrected chi connectivity index (χ1v) is 6.03. The Morgan fingerprint density at radius 2 is 1.90 bits per heavy atom. The molecule has 0 saturated carbocycles. The number of benzene rings is 2. The maximum absolute atomic E-state index is 13.2. The number of ether oxygens (including phenoxy) is 1. The van der Waals surface area contributed by atoms with Crippen LogP contribution in [-0.2, 0) is 11.3 Å². The van der Waals surface area contributed by atoms with Crippen molar-refractivity contribution < 1.29 is 18.3 Å². The highest BCUT2D eigenvalue weighted by Gasteiger charge is 2.06. The van der Waals surface area contributed by atoms with Crippen LogP contribution in [0.3, 0.4) is 0 Å². The summed E-state index contributed by atoms with van der Waals surface area (Å²) in [5.74, 6) is -1.27.